The van der Waals surface area contributed by atoms with E-state index in [0.717, 1.165) is 12.1 Å². The van der Waals surface area contributed by atoms with Crippen molar-refractivity contribution in [2.45, 2.75) is 32.0 Å². The van der Waals surface area contributed by atoms with E-state index in [1.54, 1.807) is 17.7 Å². The van der Waals surface area contributed by atoms with Gasteiger partial charge in [0.25, 0.3) is 0 Å². The first-order valence-electron chi connectivity index (χ1n) is 7.54. The van der Waals surface area contributed by atoms with Crippen LogP contribution in [0.5, 0.6) is 0 Å². The monoisotopic (exact) mass is 319 g/mol. The number of morpholine rings is 1. The van der Waals surface area contributed by atoms with Crippen molar-refractivity contribution in [2.24, 2.45) is 7.05 Å². The van der Waals surface area contributed by atoms with E-state index in [-0.39, 0.29) is 18.1 Å². The predicted molar refractivity (Wildman–Crippen MR) is 85.7 cm³/mol. The normalized spacial score (nSPS) is 22.0. The maximum atomic E-state index is 12.5. The van der Waals surface area contributed by atoms with Gasteiger partial charge in [0.15, 0.2) is 0 Å². The minimum absolute atomic E-state index is 0.00402. The van der Waals surface area contributed by atoms with E-state index in [4.69, 9.17) is 4.74 Å². The van der Waals surface area contributed by atoms with Crippen LogP contribution in [0.4, 0.5) is 0 Å². The van der Waals surface area contributed by atoms with Crippen molar-refractivity contribution in [3.05, 3.63) is 40.6 Å². The number of imidazole rings is 1. The van der Waals surface area contributed by atoms with Crippen LogP contribution in [0.25, 0.3) is 0 Å². The number of nitrogens with zero attached hydrogens (tertiary/aromatic N) is 3. The predicted octanol–water partition coefficient (Wildman–Crippen LogP) is 2.40. The molecule has 2 unspecified atom stereocenters. The van der Waals surface area contributed by atoms with Crippen molar-refractivity contribution >= 4 is 17.2 Å². The van der Waals surface area contributed by atoms with Crippen LogP contribution in [0.2, 0.25) is 0 Å². The Bertz CT molecular complexity index is 623. The van der Waals surface area contributed by atoms with E-state index in [1.165, 1.54) is 5.56 Å². The number of aryl methyl sites for hydroxylation is 2. The molecule has 0 aromatic carbocycles. The number of carbonyl (C=O) groups is 1. The Morgan fingerprint density at radius 1 is 1.50 bits per heavy atom. The fraction of sp³-hybridized carbons (Fsp3) is 0.500. The second-order valence-electron chi connectivity index (χ2n) is 5.79. The van der Waals surface area contributed by atoms with Gasteiger partial charge in [-0.15, -0.1) is 0 Å². The Morgan fingerprint density at radius 2 is 2.36 bits per heavy atom. The summed E-state index contributed by atoms with van der Waals surface area (Å²) in [6.07, 6.45) is 4.90. The number of rotatable bonds is 4. The molecule has 3 rings (SSSR count). The van der Waals surface area contributed by atoms with E-state index in [0.29, 0.717) is 19.5 Å². The van der Waals surface area contributed by atoms with Crippen LogP contribution < -0.4 is 0 Å². The minimum Gasteiger partial charge on any atom is -0.367 e. The van der Waals surface area contributed by atoms with Gasteiger partial charge in [0, 0.05) is 31.9 Å². The van der Waals surface area contributed by atoms with Crippen LogP contribution in [0.3, 0.4) is 0 Å². The molecule has 6 heteroatoms. The van der Waals surface area contributed by atoms with Gasteiger partial charge >= 0.3 is 0 Å². The minimum atomic E-state index is -0.00402. The molecule has 1 aliphatic rings. The number of hydrogen-bond acceptors (Lipinski definition) is 4. The van der Waals surface area contributed by atoms with E-state index < -0.39 is 0 Å². The van der Waals surface area contributed by atoms with Gasteiger partial charge in [0.2, 0.25) is 5.91 Å². The van der Waals surface area contributed by atoms with Crippen molar-refractivity contribution < 1.29 is 9.53 Å². The van der Waals surface area contributed by atoms with Crippen LogP contribution in [0.1, 0.15) is 30.7 Å². The number of thiophene rings is 1. The summed E-state index contributed by atoms with van der Waals surface area (Å²) in [5, 5.41) is 4.15. The Hall–Kier alpha value is -1.66. The SMILES string of the molecule is CC1CN(C(=O)CCc2cncn2C)CC(c2ccsc2)O1. The molecule has 118 valence electrons. The summed E-state index contributed by atoms with van der Waals surface area (Å²) in [7, 11) is 1.95. The first-order valence-corrected chi connectivity index (χ1v) is 8.48. The Kier molecular flexibility index (Phi) is 4.59. The summed E-state index contributed by atoms with van der Waals surface area (Å²) in [5.74, 6) is 0.191. The molecule has 0 spiro atoms. The second kappa shape index (κ2) is 6.62. The van der Waals surface area contributed by atoms with Gasteiger partial charge in [-0.25, -0.2) is 4.98 Å². The number of ether oxygens (including phenoxy) is 1. The molecule has 0 saturated carbocycles. The van der Waals surface area contributed by atoms with E-state index in [1.807, 2.05) is 35.0 Å². The van der Waals surface area contributed by atoms with Crippen molar-refractivity contribution in [3.8, 4) is 0 Å². The Morgan fingerprint density at radius 3 is 3.05 bits per heavy atom. The van der Waals surface area contributed by atoms with Gasteiger partial charge in [-0.05, 0) is 35.7 Å². The smallest absolute Gasteiger partial charge is 0.223 e. The van der Waals surface area contributed by atoms with Crippen LogP contribution in [-0.4, -0.2) is 39.6 Å². The third kappa shape index (κ3) is 3.39. The van der Waals surface area contributed by atoms with Crippen LogP contribution in [0.15, 0.2) is 29.4 Å². The zero-order valence-electron chi connectivity index (χ0n) is 12.9. The van der Waals surface area contributed by atoms with E-state index in [2.05, 4.69) is 16.4 Å². The molecular weight excluding hydrogens is 298 g/mol. The topological polar surface area (TPSA) is 47.4 Å². The average Bonchev–Trinajstić information content (AvgIpc) is 3.15. The molecule has 1 fully saturated rings. The molecule has 0 radical (unpaired) electrons. The molecule has 2 aromatic rings. The number of carbonyl (C=O) groups excluding carboxylic acids is 1. The fourth-order valence-corrected chi connectivity index (χ4v) is 3.52. The van der Waals surface area contributed by atoms with E-state index in [9.17, 15) is 4.79 Å². The van der Waals surface area contributed by atoms with Crippen molar-refractivity contribution in [1.29, 1.82) is 0 Å². The third-order valence-corrected chi connectivity index (χ3v) is 4.74. The highest BCUT2D eigenvalue weighted by molar-refractivity contribution is 7.07. The molecule has 22 heavy (non-hydrogen) atoms. The molecule has 2 atom stereocenters. The molecule has 1 saturated heterocycles. The lowest BCUT2D eigenvalue weighted by atomic mass is 10.1. The highest BCUT2D eigenvalue weighted by atomic mass is 32.1. The second-order valence-corrected chi connectivity index (χ2v) is 6.57. The standard InChI is InChI=1S/C16H21N3O2S/c1-12-8-19(9-15(21-12)13-5-6-22-10-13)16(20)4-3-14-7-17-11-18(14)2/h5-7,10-12,15H,3-4,8-9H2,1-2H3. The number of hydrogen-bond donors (Lipinski definition) is 0. The molecule has 1 aliphatic heterocycles. The average molecular weight is 319 g/mol. The van der Waals surface area contributed by atoms with Gasteiger partial charge in [0.1, 0.15) is 6.10 Å². The van der Waals surface area contributed by atoms with Crippen molar-refractivity contribution in [3.63, 3.8) is 0 Å². The van der Waals surface area contributed by atoms with E-state index >= 15 is 0 Å². The maximum Gasteiger partial charge on any atom is 0.223 e. The summed E-state index contributed by atoms with van der Waals surface area (Å²) in [6, 6.07) is 2.08. The lowest BCUT2D eigenvalue weighted by molar-refractivity contribution is -0.144. The fourth-order valence-electron chi connectivity index (χ4n) is 2.82. The summed E-state index contributed by atoms with van der Waals surface area (Å²) >= 11 is 1.66. The van der Waals surface area contributed by atoms with Crippen LogP contribution in [0, 0.1) is 0 Å². The summed E-state index contributed by atoms with van der Waals surface area (Å²) in [5.41, 5.74) is 2.25. The maximum absolute atomic E-state index is 12.5. The van der Waals surface area contributed by atoms with Gasteiger partial charge in [0.05, 0.1) is 19.0 Å². The Labute approximate surface area is 134 Å². The summed E-state index contributed by atoms with van der Waals surface area (Å²) in [4.78, 5) is 18.5. The molecule has 1 amide bonds. The number of amides is 1. The molecule has 2 aromatic heterocycles. The van der Waals surface area contributed by atoms with Crippen LogP contribution in [-0.2, 0) is 23.0 Å². The zero-order chi connectivity index (χ0) is 15.5. The molecule has 5 nitrogen and oxygen atoms in total. The summed E-state index contributed by atoms with van der Waals surface area (Å²) in [6.45, 7) is 3.34. The quantitative estimate of drug-likeness (QED) is 0.869. The Balaban J connectivity index is 1.60. The van der Waals surface area contributed by atoms with Crippen molar-refractivity contribution in [2.75, 3.05) is 13.1 Å². The summed E-state index contributed by atoms with van der Waals surface area (Å²) < 4.78 is 7.94. The molecule has 0 aliphatic carbocycles. The van der Waals surface area contributed by atoms with Crippen molar-refractivity contribution in [1.82, 2.24) is 14.5 Å². The molecule has 3 heterocycles. The van der Waals surface area contributed by atoms with Crippen LogP contribution >= 0.6 is 11.3 Å². The lowest BCUT2D eigenvalue weighted by Crippen LogP contribution is -2.46. The van der Waals surface area contributed by atoms with Gasteiger partial charge in [-0.3, -0.25) is 4.79 Å². The van der Waals surface area contributed by atoms with Gasteiger partial charge < -0.3 is 14.2 Å². The molecule has 0 N–H and O–H groups in total. The molecule has 0 bridgehead atoms. The lowest BCUT2D eigenvalue weighted by Gasteiger charge is -2.36. The third-order valence-electron chi connectivity index (χ3n) is 4.04. The highest BCUT2D eigenvalue weighted by Crippen LogP contribution is 2.27. The zero-order valence-corrected chi connectivity index (χ0v) is 13.8. The molecular formula is C16H21N3O2S. The highest BCUT2D eigenvalue weighted by Gasteiger charge is 2.29. The first-order chi connectivity index (χ1) is 10.6. The largest absolute Gasteiger partial charge is 0.367 e. The van der Waals surface area contributed by atoms with Gasteiger partial charge in [-0.2, -0.15) is 11.3 Å². The van der Waals surface area contributed by atoms with Gasteiger partial charge in [-0.1, -0.05) is 0 Å². The first kappa shape index (κ1) is 15.2. The number of aromatic nitrogens is 2.